The minimum atomic E-state index is 0.768. The summed E-state index contributed by atoms with van der Waals surface area (Å²) in [5.41, 5.74) is 2.68. The van der Waals surface area contributed by atoms with E-state index in [2.05, 4.69) is 70.9 Å². The van der Waals surface area contributed by atoms with Gasteiger partial charge in [-0.3, -0.25) is 4.90 Å². The first-order valence-electron chi connectivity index (χ1n) is 7.46. The number of hydrogen-bond acceptors (Lipinski definition) is 3. The minimum absolute atomic E-state index is 0.768. The van der Waals surface area contributed by atoms with E-state index in [9.17, 15) is 0 Å². The fourth-order valence-electron chi connectivity index (χ4n) is 2.24. The maximum Gasteiger partial charge on any atom is 0.164 e. The molecule has 0 spiro atoms. The molecule has 0 aliphatic rings. The Kier molecular flexibility index (Phi) is 6.73. The molecule has 1 aromatic heterocycles. The monoisotopic (exact) mass is 398 g/mol. The fraction of sp³-hybridized carbons (Fsp3) is 0.412. The van der Waals surface area contributed by atoms with Gasteiger partial charge in [0.2, 0.25) is 0 Å². The van der Waals surface area contributed by atoms with Gasteiger partial charge in [-0.25, -0.2) is 0 Å². The first kappa shape index (κ1) is 16.5. The highest BCUT2D eigenvalue weighted by Gasteiger charge is 2.02. The Morgan fingerprint density at radius 3 is 2.19 bits per heavy atom. The molecule has 0 saturated heterocycles. The third-order valence-corrected chi connectivity index (χ3v) is 4.16. The van der Waals surface area contributed by atoms with Crippen molar-refractivity contribution in [3.8, 4) is 0 Å². The van der Waals surface area contributed by atoms with Gasteiger partial charge in [-0.15, -0.1) is 0 Å². The van der Waals surface area contributed by atoms with E-state index in [4.69, 9.17) is 4.42 Å². The third kappa shape index (κ3) is 5.45. The second kappa shape index (κ2) is 8.56. The molecule has 0 aliphatic heterocycles. The molecule has 0 unspecified atom stereocenters. The van der Waals surface area contributed by atoms with Gasteiger partial charge in [0.15, 0.2) is 3.77 Å². The molecule has 114 valence electrons. The van der Waals surface area contributed by atoms with Crippen molar-refractivity contribution in [2.45, 2.75) is 33.5 Å². The Hall–Kier alpha value is -0.850. The van der Waals surface area contributed by atoms with E-state index >= 15 is 0 Å². The van der Waals surface area contributed by atoms with Gasteiger partial charge in [0.25, 0.3) is 0 Å². The molecule has 0 saturated carbocycles. The lowest BCUT2D eigenvalue weighted by atomic mass is 10.1. The van der Waals surface area contributed by atoms with E-state index < -0.39 is 0 Å². The molecule has 1 aromatic carbocycles. The molecule has 4 heteroatoms. The normalized spacial score (nSPS) is 11.2. The second-order valence-corrected chi connectivity index (χ2v) is 6.15. The average Bonchev–Trinajstić information content (AvgIpc) is 2.92. The molecule has 1 heterocycles. The number of nitrogens with one attached hydrogen (secondary N) is 1. The highest BCUT2D eigenvalue weighted by Crippen LogP contribution is 2.11. The summed E-state index contributed by atoms with van der Waals surface area (Å²) in [5.74, 6) is 0.984. The van der Waals surface area contributed by atoms with E-state index in [1.54, 1.807) is 0 Å². The molecule has 0 radical (unpaired) electrons. The van der Waals surface area contributed by atoms with Crippen LogP contribution in [0.2, 0.25) is 0 Å². The van der Waals surface area contributed by atoms with Crippen molar-refractivity contribution in [3.05, 3.63) is 57.1 Å². The Balaban J connectivity index is 1.79. The number of benzene rings is 1. The SMILES string of the molecule is CCN(CC)Cc1ccc(CNCc2ccc(I)o2)cc1. The number of furan rings is 1. The Labute approximate surface area is 140 Å². The smallest absolute Gasteiger partial charge is 0.164 e. The molecule has 2 aromatic rings. The predicted octanol–water partition coefficient (Wildman–Crippen LogP) is 4.02. The standard InChI is InChI=1S/C17H23IN2O/c1-3-20(4-2)13-15-7-5-14(6-8-15)11-19-12-16-9-10-17(18)21-16/h5-10,19H,3-4,11-13H2,1-2H3. The van der Waals surface area contributed by atoms with Gasteiger partial charge in [0.05, 0.1) is 6.54 Å². The number of hydrogen-bond donors (Lipinski definition) is 1. The van der Waals surface area contributed by atoms with Gasteiger partial charge in [-0.05, 0) is 58.9 Å². The second-order valence-electron chi connectivity index (χ2n) is 5.09. The summed E-state index contributed by atoms with van der Waals surface area (Å²) in [5, 5.41) is 3.41. The van der Waals surface area contributed by atoms with Crippen LogP contribution in [0.3, 0.4) is 0 Å². The summed E-state index contributed by atoms with van der Waals surface area (Å²) >= 11 is 2.18. The molecule has 0 fully saturated rings. The molecule has 0 atom stereocenters. The summed E-state index contributed by atoms with van der Waals surface area (Å²) in [4.78, 5) is 2.42. The molecule has 0 aliphatic carbocycles. The molecule has 1 N–H and O–H groups in total. The van der Waals surface area contributed by atoms with Crippen LogP contribution in [0.5, 0.6) is 0 Å². The van der Waals surface area contributed by atoms with E-state index in [0.29, 0.717) is 0 Å². The Morgan fingerprint density at radius 1 is 0.952 bits per heavy atom. The average molecular weight is 398 g/mol. The summed E-state index contributed by atoms with van der Waals surface area (Å²) in [6.07, 6.45) is 0. The quantitative estimate of drug-likeness (QED) is 0.681. The van der Waals surface area contributed by atoms with Crippen LogP contribution in [-0.2, 0) is 19.6 Å². The van der Waals surface area contributed by atoms with Gasteiger partial charge in [-0.1, -0.05) is 38.1 Å². The number of rotatable bonds is 8. The molecular formula is C17H23IN2O. The van der Waals surface area contributed by atoms with Crippen molar-refractivity contribution in [1.82, 2.24) is 10.2 Å². The van der Waals surface area contributed by atoms with Gasteiger partial charge in [0, 0.05) is 13.1 Å². The van der Waals surface area contributed by atoms with E-state index in [1.165, 1.54) is 11.1 Å². The van der Waals surface area contributed by atoms with E-state index in [-0.39, 0.29) is 0 Å². The van der Waals surface area contributed by atoms with Crippen LogP contribution in [-0.4, -0.2) is 18.0 Å². The lowest BCUT2D eigenvalue weighted by Crippen LogP contribution is -2.22. The van der Waals surface area contributed by atoms with Crippen molar-refractivity contribution < 1.29 is 4.42 Å². The highest BCUT2D eigenvalue weighted by molar-refractivity contribution is 14.1. The Morgan fingerprint density at radius 2 is 1.62 bits per heavy atom. The van der Waals surface area contributed by atoms with E-state index in [1.807, 2.05) is 12.1 Å². The van der Waals surface area contributed by atoms with Crippen LogP contribution in [0.15, 0.2) is 40.8 Å². The maximum atomic E-state index is 5.53. The molecule has 3 nitrogen and oxygen atoms in total. The van der Waals surface area contributed by atoms with Crippen molar-refractivity contribution in [3.63, 3.8) is 0 Å². The van der Waals surface area contributed by atoms with Crippen molar-refractivity contribution in [1.29, 1.82) is 0 Å². The Bertz CT molecular complexity index is 532. The lowest BCUT2D eigenvalue weighted by Gasteiger charge is -2.18. The van der Waals surface area contributed by atoms with Crippen LogP contribution in [0.1, 0.15) is 30.7 Å². The minimum Gasteiger partial charge on any atom is -0.454 e. The van der Waals surface area contributed by atoms with Crippen LogP contribution >= 0.6 is 22.6 Å². The summed E-state index contributed by atoms with van der Waals surface area (Å²) in [7, 11) is 0. The zero-order chi connectivity index (χ0) is 15.1. The molecule has 2 rings (SSSR count). The molecular weight excluding hydrogens is 375 g/mol. The van der Waals surface area contributed by atoms with Gasteiger partial charge in [0.1, 0.15) is 5.76 Å². The summed E-state index contributed by atoms with van der Waals surface area (Å²) in [6.45, 7) is 9.28. The first-order valence-corrected chi connectivity index (χ1v) is 8.54. The molecule has 0 amide bonds. The number of nitrogens with zero attached hydrogens (tertiary/aromatic N) is 1. The molecule has 0 bridgehead atoms. The summed E-state index contributed by atoms with van der Waals surface area (Å²) < 4.78 is 6.46. The van der Waals surface area contributed by atoms with Gasteiger partial charge in [-0.2, -0.15) is 0 Å². The van der Waals surface area contributed by atoms with Crippen LogP contribution < -0.4 is 5.32 Å². The van der Waals surface area contributed by atoms with Crippen molar-refractivity contribution in [2.24, 2.45) is 0 Å². The van der Waals surface area contributed by atoms with Crippen LogP contribution in [0.4, 0.5) is 0 Å². The largest absolute Gasteiger partial charge is 0.454 e. The molecule has 21 heavy (non-hydrogen) atoms. The highest BCUT2D eigenvalue weighted by atomic mass is 127. The van der Waals surface area contributed by atoms with Gasteiger partial charge < -0.3 is 9.73 Å². The topological polar surface area (TPSA) is 28.4 Å². The first-order chi connectivity index (χ1) is 10.2. The van der Waals surface area contributed by atoms with E-state index in [0.717, 1.165) is 42.3 Å². The third-order valence-electron chi connectivity index (χ3n) is 3.58. The van der Waals surface area contributed by atoms with Crippen LogP contribution in [0.25, 0.3) is 0 Å². The fourth-order valence-corrected chi connectivity index (χ4v) is 2.71. The van der Waals surface area contributed by atoms with Crippen LogP contribution in [0, 0.1) is 3.77 Å². The van der Waals surface area contributed by atoms with Gasteiger partial charge >= 0.3 is 0 Å². The number of halogens is 1. The van der Waals surface area contributed by atoms with Crippen molar-refractivity contribution in [2.75, 3.05) is 13.1 Å². The predicted molar refractivity (Wildman–Crippen MR) is 95.0 cm³/mol. The lowest BCUT2D eigenvalue weighted by molar-refractivity contribution is 0.296. The maximum absolute atomic E-state index is 5.53. The zero-order valence-electron chi connectivity index (χ0n) is 12.7. The van der Waals surface area contributed by atoms with Crippen molar-refractivity contribution >= 4 is 22.6 Å². The summed E-state index contributed by atoms with van der Waals surface area (Å²) in [6, 6.07) is 12.9. The zero-order valence-corrected chi connectivity index (χ0v) is 14.9.